The lowest BCUT2D eigenvalue weighted by Crippen LogP contribution is -2.35. The Balaban J connectivity index is 1.50. The molecule has 2 heterocycles. The van der Waals surface area contributed by atoms with Gasteiger partial charge < -0.3 is 4.74 Å². The predicted molar refractivity (Wildman–Crippen MR) is 107 cm³/mol. The number of Topliss-reactive ketones (excluding diaryl/α,β-unsaturated/α-hetero) is 1. The summed E-state index contributed by atoms with van der Waals surface area (Å²) < 4.78 is 31.9. The number of sulfonamides is 1. The van der Waals surface area contributed by atoms with Gasteiger partial charge in [-0.3, -0.25) is 4.79 Å². The standard InChI is InChI=1S/C20H23NO5S2/c22-18(19-7-5-15-27-19)6-4-14-26-20(23)16-8-10-17(11-9-16)28(24,25)21-12-2-1-3-13-21/h5,7-11,15H,1-4,6,12-14H2. The first-order valence-electron chi connectivity index (χ1n) is 9.32. The maximum Gasteiger partial charge on any atom is 0.338 e. The van der Waals surface area contributed by atoms with E-state index in [-0.39, 0.29) is 17.3 Å². The number of hydrogen-bond acceptors (Lipinski definition) is 6. The van der Waals surface area contributed by atoms with Crippen LogP contribution in [0.5, 0.6) is 0 Å². The Morgan fingerprint density at radius 3 is 2.39 bits per heavy atom. The Morgan fingerprint density at radius 1 is 1.04 bits per heavy atom. The number of benzene rings is 1. The Morgan fingerprint density at radius 2 is 1.75 bits per heavy atom. The molecule has 0 radical (unpaired) electrons. The maximum absolute atomic E-state index is 12.6. The van der Waals surface area contributed by atoms with Gasteiger partial charge in [-0.05, 0) is 55.0 Å². The lowest BCUT2D eigenvalue weighted by atomic mass is 10.2. The quantitative estimate of drug-likeness (QED) is 0.368. The van der Waals surface area contributed by atoms with Crippen LogP contribution in [0, 0.1) is 0 Å². The van der Waals surface area contributed by atoms with Crippen LogP contribution in [0.25, 0.3) is 0 Å². The molecular formula is C20H23NO5S2. The Bertz CT molecular complexity index is 899. The lowest BCUT2D eigenvalue weighted by molar-refractivity contribution is 0.0494. The van der Waals surface area contributed by atoms with E-state index in [4.69, 9.17) is 4.74 Å². The smallest absolute Gasteiger partial charge is 0.338 e. The molecule has 150 valence electrons. The number of thiophene rings is 1. The van der Waals surface area contributed by atoms with E-state index in [1.807, 2.05) is 11.4 Å². The number of rotatable bonds is 8. The summed E-state index contributed by atoms with van der Waals surface area (Å²) in [6.07, 6.45) is 3.57. The molecule has 1 saturated heterocycles. The number of ether oxygens (including phenoxy) is 1. The number of carbonyl (C=O) groups is 2. The average Bonchev–Trinajstić information content (AvgIpc) is 3.26. The highest BCUT2D eigenvalue weighted by atomic mass is 32.2. The minimum Gasteiger partial charge on any atom is -0.462 e. The summed E-state index contributed by atoms with van der Waals surface area (Å²) in [5.41, 5.74) is 0.294. The highest BCUT2D eigenvalue weighted by Crippen LogP contribution is 2.21. The van der Waals surface area contributed by atoms with Crippen LogP contribution in [-0.2, 0) is 14.8 Å². The molecule has 0 N–H and O–H groups in total. The molecular weight excluding hydrogens is 398 g/mol. The van der Waals surface area contributed by atoms with Crippen LogP contribution in [0.4, 0.5) is 0 Å². The number of hydrogen-bond donors (Lipinski definition) is 0. The first-order chi connectivity index (χ1) is 13.5. The summed E-state index contributed by atoms with van der Waals surface area (Å²) in [7, 11) is -3.51. The third-order valence-electron chi connectivity index (χ3n) is 4.62. The second kappa shape index (κ2) is 9.45. The van der Waals surface area contributed by atoms with Crippen LogP contribution in [0.1, 0.15) is 52.1 Å². The van der Waals surface area contributed by atoms with Gasteiger partial charge in [-0.1, -0.05) is 12.5 Å². The molecule has 2 aromatic rings. The summed E-state index contributed by atoms with van der Waals surface area (Å²) >= 11 is 1.40. The van der Waals surface area contributed by atoms with Gasteiger partial charge in [0, 0.05) is 19.5 Å². The molecule has 0 unspecified atom stereocenters. The van der Waals surface area contributed by atoms with Gasteiger partial charge >= 0.3 is 5.97 Å². The molecule has 6 nitrogen and oxygen atoms in total. The third-order valence-corrected chi connectivity index (χ3v) is 7.44. The fourth-order valence-corrected chi connectivity index (χ4v) is 5.27. The average molecular weight is 422 g/mol. The van der Waals surface area contributed by atoms with E-state index in [9.17, 15) is 18.0 Å². The molecule has 1 aliphatic rings. The van der Waals surface area contributed by atoms with Crippen LogP contribution in [0.2, 0.25) is 0 Å². The van der Waals surface area contributed by atoms with Crippen LogP contribution in [0.3, 0.4) is 0 Å². The zero-order valence-corrected chi connectivity index (χ0v) is 17.1. The van der Waals surface area contributed by atoms with E-state index in [1.165, 1.54) is 39.9 Å². The SMILES string of the molecule is O=C(OCCCC(=O)c1cccs1)c1ccc(S(=O)(=O)N2CCCCC2)cc1. The topological polar surface area (TPSA) is 80.8 Å². The zero-order valence-electron chi connectivity index (χ0n) is 15.5. The van der Waals surface area contributed by atoms with Crippen molar-refractivity contribution in [3.63, 3.8) is 0 Å². The highest BCUT2D eigenvalue weighted by molar-refractivity contribution is 7.89. The van der Waals surface area contributed by atoms with E-state index in [0.717, 1.165) is 19.3 Å². The summed E-state index contributed by atoms with van der Waals surface area (Å²) in [4.78, 5) is 24.9. The largest absolute Gasteiger partial charge is 0.462 e. The first kappa shape index (κ1) is 20.7. The minimum atomic E-state index is -3.51. The van der Waals surface area contributed by atoms with Gasteiger partial charge in [-0.25, -0.2) is 13.2 Å². The first-order valence-corrected chi connectivity index (χ1v) is 11.6. The second-order valence-electron chi connectivity index (χ2n) is 6.63. The summed E-state index contributed by atoms with van der Waals surface area (Å²) in [5.74, 6) is -0.483. The number of nitrogens with zero attached hydrogens (tertiary/aromatic N) is 1. The molecule has 8 heteroatoms. The Labute approximate surface area is 169 Å². The summed E-state index contributed by atoms with van der Waals surface area (Å²) in [6.45, 7) is 1.22. The fraction of sp³-hybridized carbons (Fsp3) is 0.400. The van der Waals surface area contributed by atoms with Crippen molar-refractivity contribution in [3.05, 3.63) is 52.2 Å². The number of ketones is 1. The molecule has 1 aromatic carbocycles. The van der Waals surface area contributed by atoms with Gasteiger partial charge in [-0.2, -0.15) is 4.31 Å². The predicted octanol–water partition coefficient (Wildman–Crippen LogP) is 3.74. The van der Waals surface area contributed by atoms with Crippen molar-refractivity contribution in [2.75, 3.05) is 19.7 Å². The normalized spacial score (nSPS) is 15.3. The number of piperidine rings is 1. The lowest BCUT2D eigenvalue weighted by Gasteiger charge is -2.25. The van der Waals surface area contributed by atoms with Crippen molar-refractivity contribution < 1.29 is 22.7 Å². The third kappa shape index (κ3) is 5.06. The van der Waals surface area contributed by atoms with Crippen LogP contribution in [-0.4, -0.2) is 44.2 Å². The molecule has 0 aliphatic carbocycles. The van der Waals surface area contributed by atoms with Crippen LogP contribution in [0.15, 0.2) is 46.7 Å². The molecule has 3 rings (SSSR count). The molecule has 1 aliphatic heterocycles. The Kier molecular flexibility index (Phi) is 6.98. The van der Waals surface area contributed by atoms with Crippen molar-refractivity contribution in [1.29, 1.82) is 0 Å². The monoisotopic (exact) mass is 421 g/mol. The van der Waals surface area contributed by atoms with Crippen molar-refractivity contribution in [2.45, 2.75) is 37.0 Å². The Hall–Kier alpha value is -2.03. The molecule has 0 spiro atoms. The molecule has 28 heavy (non-hydrogen) atoms. The van der Waals surface area contributed by atoms with Gasteiger partial charge in [-0.15, -0.1) is 11.3 Å². The molecule has 1 fully saturated rings. The van der Waals surface area contributed by atoms with E-state index >= 15 is 0 Å². The van der Waals surface area contributed by atoms with Crippen LogP contribution < -0.4 is 0 Å². The number of carbonyl (C=O) groups excluding carboxylic acids is 2. The molecule has 0 bridgehead atoms. The van der Waals surface area contributed by atoms with Gasteiger partial charge in [0.2, 0.25) is 10.0 Å². The van der Waals surface area contributed by atoms with Gasteiger partial charge in [0.15, 0.2) is 5.78 Å². The molecule has 0 atom stereocenters. The molecule has 0 amide bonds. The second-order valence-corrected chi connectivity index (χ2v) is 9.51. The van der Waals surface area contributed by atoms with Crippen molar-refractivity contribution >= 4 is 33.1 Å². The van der Waals surface area contributed by atoms with Crippen molar-refractivity contribution in [2.24, 2.45) is 0 Å². The van der Waals surface area contributed by atoms with Crippen molar-refractivity contribution in [3.8, 4) is 0 Å². The molecule has 1 aromatic heterocycles. The fourth-order valence-electron chi connectivity index (χ4n) is 3.06. The van der Waals surface area contributed by atoms with E-state index < -0.39 is 16.0 Å². The van der Waals surface area contributed by atoms with Gasteiger partial charge in [0.05, 0.1) is 21.9 Å². The van der Waals surface area contributed by atoms with E-state index in [2.05, 4.69) is 0 Å². The zero-order chi connectivity index (χ0) is 20.0. The van der Waals surface area contributed by atoms with Crippen LogP contribution >= 0.6 is 11.3 Å². The van der Waals surface area contributed by atoms with Gasteiger partial charge in [0.25, 0.3) is 0 Å². The summed E-state index contributed by atoms with van der Waals surface area (Å²) in [6, 6.07) is 9.43. The van der Waals surface area contributed by atoms with E-state index in [1.54, 1.807) is 6.07 Å². The number of esters is 1. The van der Waals surface area contributed by atoms with Gasteiger partial charge in [0.1, 0.15) is 0 Å². The van der Waals surface area contributed by atoms with Crippen molar-refractivity contribution in [1.82, 2.24) is 4.31 Å². The highest BCUT2D eigenvalue weighted by Gasteiger charge is 2.26. The van der Waals surface area contributed by atoms with E-state index in [0.29, 0.717) is 36.4 Å². The minimum absolute atomic E-state index is 0.0401. The summed E-state index contributed by atoms with van der Waals surface area (Å²) in [5, 5.41) is 1.85. The molecule has 0 saturated carbocycles. The maximum atomic E-state index is 12.6.